The first-order chi connectivity index (χ1) is 9.19. The lowest BCUT2D eigenvalue weighted by Crippen LogP contribution is -2.36. The fraction of sp³-hybridized carbons (Fsp3) is 0.533. The first-order valence-electron chi connectivity index (χ1n) is 6.76. The molecule has 0 fully saturated rings. The average Bonchev–Trinajstić information content (AvgIpc) is 2.44. The number of methoxy groups -OCH3 is 1. The maximum Gasteiger partial charge on any atom is 0.260 e. The summed E-state index contributed by atoms with van der Waals surface area (Å²) in [5, 5.41) is 2.87. The van der Waals surface area contributed by atoms with Crippen molar-refractivity contribution in [3.05, 3.63) is 24.3 Å². The zero-order valence-corrected chi connectivity index (χ0v) is 11.9. The highest BCUT2D eigenvalue weighted by atomic mass is 16.5. The quantitative estimate of drug-likeness (QED) is 0.735. The number of carbonyl (C=O) groups excluding carboxylic acids is 1. The molecule has 0 spiro atoms. The van der Waals surface area contributed by atoms with Crippen LogP contribution >= 0.6 is 0 Å². The molecule has 0 aromatic heterocycles. The van der Waals surface area contributed by atoms with Crippen LogP contribution in [0.4, 0.5) is 0 Å². The van der Waals surface area contributed by atoms with Gasteiger partial charge in [-0.1, -0.05) is 31.9 Å². The highest BCUT2D eigenvalue weighted by molar-refractivity contribution is 5.80. The van der Waals surface area contributed by atoms with Crippen LogP contribution in [0.2, 0.25) is 0 Å². The number of ether oxygens (including phenoxy) is 2. The van der Waals surface area contributed by atoms with E-state index >= 15 is 0 Å². The number of hydrogen-bond donors (Lipinski definition) is 1. The van der Waals surface area contributed by atoms with Gasteiger partial charge < -0.3 is 14.8 Å². The van der Waals surface area contributed by atoms with Gasteiger partial charge >= 0.3 is 0 Å². The molecule has 0 saturated heterocycles. The molecule has 1 N–H and O–H groups in total. The van der Waals surface area contributed by atoms with Gasteiger partial charge in [-0.25, -0.2) is 0 Å². The summed E-state index contributed by atoms with van der Waals surface area (Å²) in [7, 11) is 1.58. The van der Waals surface area contributed by atoms with Crippen LogP contribution in [-0.2, 0) is 4.79 Å². The van der Waals surface area contributed by atoms with Gasteiger partial charge in [0.2, 0.25) is 0 Å². The zero-order chi connectivity index (χ0) is 14.1. The Morgan fingerprint density at radius 2 is 1.95 bits per heavy atom. The van der Waals surface area contributed by atoms with Crippen molar-refractivity contribution in [1.82, 2.24) is 5.32 Å². The van der Waals surface area contributed by atoms with Gasteiger partial charge in [0.15, 0.2) is 17.6 Å². The molecule has 0 heterocycles. The first kappa shape index (κ1) is 15.3. The maximum absolute atomic E-state index is 11.8. The van der Waals surface area contributed by atoms with Crippen molar-refractivity contribution < 1.29 is 14.3 Å². The summed E-state index contributed by atoms with van der Waals surface area (Å²) < 4.78 is 10.8. The summed E-state index contributed by atoms with van der Waals surface area (Å²) in [5.41, 5.74) is 0. The molecule has 0 unspecified atom stereocenters. The van der Waals surface area contributed by atoms with Gasteiger partial charge in [0.25, 0.3) is 5.91 Å². The maximum atomic E-state index is 11.8. The van der Waals surface area contributed by atoms with E-state index in [0.717, 1.165) is 19.3 Å². The molecule has 1 amide bonds. The van der Waals surface area contributed by atoms with Gasteiger partial charge in [0.1, 0.15) is 0 Å². The monoisotopic (exact) mass is 265 g/mol. The topological polar surface area (TPSA) is 47.6 Å². The Kier molecular flexibility index (Phi) is 6.79. The number of unbranched alkanes of at least 4 members (excludes halogenated alkanes) is 2. The number of rotatable bonds is 8. The molecule has 0 bridgehead atoms. The minimum atomic E-state index is -0.530. The third-order valence-electron chi connectivity index (χ3n) is 2.82. The van der Waals surface area contributed by atoms with Crippen molar-refractivity contribution in [1.29, 1.82) is 0 Å². The second-order valence-corrected chi connectivity index (χ2v) is 4.41. The van der Waals surface area contributed by atoms with Crippen LogP contribution in [0.3, 0.4) is 0 Å². The van der Waals surface area contributed by atoms with Crippen LogP contribution in [0.5, 0.6) is 11.5 Å². The van der Waals surface area contributed by atoms with Crippen molar-refractivity contribution in [2.24, 2.45) is 0 Å². The molecular formula is C15H23NO3. The number of nitrogens with one attached hydrogen (secondary N) is 1. The molecular weight excluding hydrogens is 242 g/mol. The number of carbonyl (C=O) groups is 1. The predicted octanol–water partition coefficient (Wildman–Crippen LogP) is 2.77. The fourth-order valence-corrected chi connectivity index (χ4v) is 1.69. The minimum Gasteiger partial charge on any atom is -0.493 e. The van der Waals surface area contributed by atoms with Crippen LogP contribution in [0.15, 0.2) is 24.3 Å². The van der Waals surface area contributed by atoms with Crippen molar-refractivity contribution in [3.63, 3.8) is 0 Å². The van der Waals surface area contributed by atoms with E-state index in [1.54, 1.807) is 26.2 Å². The Bertz CT molecular complexity index is 393. The number of hydrogen-bond acceptors (Lipinski definition) is 3. The largest absolute Gasteiger partial charge is 0.493 e. The fourth-order valence-electron chi connectivity index (χ4n) is 1.69. The lowest BCUT2D eigenvalue weighted by atomic mass is 10.2. The lowest BCUT2D eigenvalue weighted by Gasteiger charge is -2.16. The third kappa shape index (κ3) is 5.20. The van der Waals surface area contributed by atoms with Crippen molar-refractivity contribution in [3.8, 4) is 11.5 Å². The standard InChI is InChI=1S/C15H23NO3/c1-4-5-8-11-16-15(17)12(2)19-14-10-7-6-9-13(14)18-3/h6-7,9-10,12H,4-5,8,11H2,1-3H3,(H,16,17)/t12-/m1/s1. The van der Waals surface area contributed by atoms with E-state index in [1.165, 1.54) is 0 Å². The molecule has 4 nitrogen and oxygen atoms in total. The molecule has 106 valence electrons. The summed E-state index contributed by atoms with van der Waals surface area (Å²) in [5.74, 6) is 1.12. The predicted molar refractivity (Wildman–Crippen MR) is 75.6 cm³/mol. The van der Waals surface area contributed by atoms with Crippen LogP contribution in [-0.4, -0.2) is 25.7 Å². The molecule has 1 aromatic rings. The SMILES string of the molecule is CCCCCNC(=O)[C@@H](C)Oc1ccccc1OC. The Morgan fingerprint density at radius 1 is 1.26 bits per heavy atom. The number of amides is 1. The Labute approximate surface area is 115 Å². The Hall–Kier alpha value is -1.71. The summed E-state index contributed by atoms with van der Waals surface area (Å²) in [6.45, 7) is 4.57. The molecule has 1 aromatic carbocycles. The van der Waals surface area contributed by atoms with E-state index in [-0.39, 0.29) is 5.91 Å². The van der Waals surface area contributed by atoms with E-state index < -0.39 is 6.10 Å². The molecule has 0 saturated carbocycles. The van der Waals surface area contributed by atoms with Crippen LogP contribution < -0.4 is 14.8 Å². The summed E-state index contributed by atoms with van der Waals surface area (Å²) in [4.78, 5) is 11.8. The number of para-hydroxylation sites is 2. The second-order valence-electron chi connectivity index (χ2n) is 4.41. The summed E-state index contributed by atoms with van der Waals surface area (Å²) >= 11 is 0. The third-order valence-corrected chi connectivity index (χ3v) is 2.82. The highest BCUT2D eigenvalue weighted by Gasteiger charge is 2.15. The molecule has 0 radical (unpaired) electrons. The van der Waals surface area contributed by atoms with Gasteiger partial charge in [0.05, 0.1) is 7.11 Å². The smallest absolute Gasteiger partial charge is 0.260 e. The second kappa shape index (κ2) is 8.40. The van der Waals surface area contributed by atoms with E-state index in [9.17, 15) is 4.79 Å². The lowest BCUT2D eigenvalue weighted by molar-refractivity contribution is -0.127. The molecule has 0 aliphatic heterocycles. The average molecular weight is 265 g/mol. The van der Waals surface area contributed by atoms with Crippen molar-refractivity contribution >= 4 is 5.91 Å². The summed E-state index contributed by atoms with van der Waals surface area (Å²) in [6, 6.07) is 7.31. The van der Waals surface area contributed by atoms with Gasteiger partial charge in [-0.15, -0.1) is 0 Å². The Balaban J connectivity index is 2.45. The Morgan fingerprint density at radius 3 is 2.58 bits per heavy atom. The molecule has 1 rings (SSSR count). The van der Waals surface area contributed by atoms with Gasteiger partial charge in [0, 0.05) is 6.54 Å². The van der Waals surface area contributed by atoms with E-state index in [0.29, 0.717) is 18.0 Å². The van der Waals surface area contributed by atoms with Gasteiger partial charge in [-0.05, 0) is 25.5 Å². The number of benzene rings is 1. The van der Waals surface area contributed by atoms with Crippen LogP contribution in [0.25, 0.3) is 0 Å². The van der Waals surface area contributed by atoms with Crippen LogP contribution in [0.1, 0.15) is 33.1 Å². The first-order valence-corrected chi connectivity index (χ1v) is 6.76. The van der Waals surface area contributed by atoms with Gasteiger partial charge in [-0.2, -0.15) is 0 Å². The molecule has 1 atom stereocenters. The van der Waals surface area contributed by atoms with Crippen LogP contribution in [0, 0.1) is 0 Å². The summed E-state index contributed by atoms with van der Waals surface area (Å²) in [6.07, 6.45) is 2.74. The molecule has 19 heavy (non-hydrogen) atoms. The molecule has 4 heteroatoms. The van der Waals surface area contributed by atoms with Crippen molar-refractivity contribution in [2.45, 2.75) is 39.2 Å². The molecule has 0 aliphatic rings. The minimum absolute atomic E-state index is 0.0954. The zero-order valence-electron chi connectivity index (χ0n) is 11.9. The van der Waals surface area contributed by atoms with E-state index in [2.05, 4.69) is 12.2 Å². The van der Waals surface area contributed by atoms with E-state index in [1.807, 2.05) is 12.1 Å². The molecule has 0 aliphatic carbocycles. The van der Waals surface area contributed by atoms with Gasteiger partial charge in [-0.3, -0.25) is 4.79 Å². The van der Waals surface area contributed by atoms with E-state index in [4.69, 9.17) is 9.47 Å². The highest BCUT2D eigenvalue weighted by Crippen LogP contribution is 2.26. The van der Waals surface area contributed by atoms with Crippen molar-refractivity contribution in [2.75, 3.05) is 13.7 Å². The normalized spacial score (nSPS) is 11.7.